The van der Waals surface area contributed by atoms with Gasteiger partial charge < -0.3 is 9.32 Å². The van der Waals surface area contributed by atoms with Crippen molar-refractivity contribution in [1.82, 2.24) is 14.8 Å². The molecule has 25 heavy (non-hydrogen) atoms. The first kappa shape index (κ1) is 16.6. The van der Waals surface area contributed by atoms with E-state index < -0.39 is 0 Å². The fourth-order valence-corrected chi connectivity index (χ4v) is 4.31. The second-order valence-corrected chi connectivity index (χ2v) is 7.34. The molecule has 2 aliphatic heterocycles. The molecule has 5 nitrogen and oxygen atoms in total. The van der Waals surface area contributed by atoms with E-state index in [4.69, 9.17) is 4.42 Å². The molecule has 0 saturated carbocycles. The molecule has 2 saturated heterocycles. The van der Waals surface area contributed by atoms with Crippen molar-refractivity contribution in [2.45, 2.75) is 51.0 Å². The monoisotopic (exact) mass is 341 g/mol. The number of nitrogens with zero attached hydrogens (tertiary/aromatic N) is 3. The SMILES string of the molecule is CCCN1CCC[C@H]1C(=O)N1CCC[C@H](c2nc3ccccc3o2)C1. The molecule has 2 aromatic rings. The number of carbonyl (C=O) groups is 1. The molecule has 4 rings (SSSR count). The summed E-state index contributed by atoms with van der Waals surface area (Å²) in [6, 6.07) is 7.97. The van der Waals surface area contributed by atoms with E-state index in [2.05, 4.69) is 21.7 Å². The van der Waals surface area contributed by atoms with Crippen LogP contribution in [-0.4, -0.2) is 52.9 Å². The summed E-state index contributed by atoms with van der Waals surface area (Å²) in [6.45, 7) is 5.88. The van der Waals surface area contributed by atoms with Crippen LogP contribution in [0, 0.1) is 0 Å². The van der Waals surface area contributed by atoms with Crippen LogP contribution in [0.4, 0.5) is 0 Å². The molecule has 5 heteroatoms. The molecule has 134 valence electrons. The molecule has 0 unspecified atom stereocenters. The number of para-hydroxylation sites is 2. The molecule has 2 aliphatic rings. The maximum atomic E-state index is 13.1. The van der Waals surface area contributed by atoms with Gasteiger partial charge in [0.2, 0.25) is 5.91 Å². The zero-order valence-electron chi connectivity index (χ0n) is 15.0. The minimum atomic E-state index is 0.0855. The molecular formula is C20H27N3O2. The maximum Gasteiger partial charge on any atom is 0.239 e. The third kappa shape index (κ3) is 3.30. The van der Waals surface area contributed by atoms with Gasteiger partial charge in [0.15, 0.2) is 11.5 Å². The molecule has 1 amide bonds. The van der Waals surface area contributed by atoms with Crippen LogP contribution in [0.1, 0.15) is 50.8 Å². The molecule has 2 fully saturated rings. The standard InChI is InChI=1S/C20H27N3O2/c1-2-11-22-12-6-9-17(22)20(24)23-13-5-7-15(14-23)19-21-16-8-3-4-10-18(16)25-19/h3-4,8,10,15,17H,2,5-7,9,11-14H2,1H3/t15-,17-/m0/s1. The van der Waals surface area contributed by atoms with Crippen molar-refractivity contribution in [3.8, 4) is 0 Å². The van der Waals surface area contributed by atoms with Gasteiger partial charge in [0, 0.05) is 13.1 Å². The Morgan fingerprint density at radius 1 is 1.24 bits per heavy atom. The number of hydrogen-bond donors (Lipinski definition) is 0. The third-order valence-corrected chi connectivity index (χ3v) is 5.55. The van der Waals surface area contributed by atoms with Gasteiger partial charge in [0.05, 0.1) is 12.0 Å². The molecule has 0 aliphatic carbocycles. The highest BCUT2D eigenvalue weighted by Crippen LogP contribution is 2.30. The summed E-state index contributed by atoms with van der Waals surface area (Å²) in [4.78, 5) is 22.1. The van der Waals surface area contributed by atoms with E-state index in [0.29, 0.717) is 5.91 Å². The first-order valence-electron chi connectivity index (χ1n) is 9.64. The first-order valence-corrected chi connectivity index (χ1v) is 9.64. The number of piperidine rings is 1. The van der Waals surface area contributed by atoms with Crippen molar-refractivity contribution >= 4 is 17.0 Å². The smallest absolute Gasteiger partial charge is 0.239 e. The Balaban J connectivity index is 1.47. The summed E-state index contributed by atoms with van der Waals surface area (Å²) in [5, 5.41) is 0. The number of likely N-dealkylation sites (tertiary alicyclic amines) is 2. The van der Waals surface area contributed by atoms with Crippen LogP contribution in [0.15, 0.2) is 28.7 Å². The van der Waals surface area contributed by atoms with E-state index in [1.807, 2.05) is 24.3 Å². The lowest BCUT2D eigenvalue weighted by Crippen LogP contribution is -2.49. The zero-order valence-corrected chi connectivity index (χ0v) is 15.0. The highest BCUT2D eigenvalue weighted by molar-refractivity contribution is 5.82. The number of fused-ring (bicyclic) bond motifs is 1. The molecule has 0 spiro atoms. The van der Waals surface area contributed by atoms with Gasteiger partial charge in [-0.1, -0.05) is 19.1 Å². The Morgan fingerprint density at radius 2 is 2.08 bits per heavy atom. The summed E-state index contributed by atoms with van der Waals surface area (Å²) < 4.78 is 5.96. The van der Waals surface area contributed by atoms with E-state index >= 15 is 0 Å². The lowest BCUT2D eigenvalue weighted by atomic mass is 9.97. The molecule has 1 aromatic carbocycles. The number of rotatable bonds is 4. The topological polar surface area (TPSA) is 49.6 Å². The first-order chi connectivity index (χ1) is 12.3. The predicted molar refractivity (Wildman–Crippen MR) is 97.5 cm³/mol. The highest BCUT2D eigenvalue weighted by atomic mass is 16.3. The lowest BCUT2D eigenvalue weighted by Gasteiger charge is -2.35. The molecule has 2 atom stereocenters. The van der Waals surface area contributed by atoms with Crippen LogP contribution >= 0.6 is 0 Å². The number of benzene rings is 1. The number of amides is 1. The lowest BCUT2D eigenvalue weighted by molar-refractivity contribution is -0.137. The quantitative estimate of drug-likeness (QED) is 0.855. The van der Waals surface area contributed by atoms with E-state index in [1.165, 1.54) is 0 Å². The van der Waals surface area contributed by atoms with Gasteiger partial charge in [-0.2, -0.15) is 0 Å². The van der Waals surface area contributed by atoms with Crippen molar-refractivity contribution in [2.75, 3.05) is 26.2 Å². The van der Waals surface area contributed by atoms with Crippen LogP contribution in [0.25, 0.3) is 11.1 Å². The van der Waals surface area contributed by atoms with Crippen LogP contribution in [0.2, 0.25) is 0 Å². The predicted octanol–water partition coefficient (Wildman–Crippen LogP) is 3.41. The second kappa shape index (κ2) is 7.16. The van der Waals surface area contributed by atoms with Crippen molar-refractivity contribution in [2.24, 2.45) is 0 Å². The Morgan fingerprint density at radius 3 is 2.92 bits per heavy atom. The fourth-order valence-electron chi connectivity index (χ4n) is 4.31. The largest absolute Gasteiger partial charge is 0.440 e. The maximum absolute atomic E-state index is 13.1. The van der Waals surface area contributed by atoms with Gasteiger partial charge in [0.25, 0.3) is 0 Å². The second-order valence-electron chi connectivity index (χ2n) is 7.34. The molecule has 1 aromatic heterocycles. The van der Waals surface area contributed by atoms with Gasteiger partial charge >= 0.3 is 0 Å². The fraction of sp³-hybridized carbons (Fsp3) is 0.600. The van der Waals surface area contributed by atoms with E-state index in [1.54, 1.807) is 0 Å². The van der Waals surface area contributed by atoms with Crippen LogP contribution < -0.4 is 0 Å². The summed E-state index contributed by atoms with van der Waals surface area (Å²) >= 11 is 0. The third-order valence-electron chi connectivity index (χ3n) is 5.55. The highest BCUT2D eigenvalue weighted by Gasteiger charge is 2.36. The average molecular weight is 341 g/mol. The zero-order chi connectivity index (χ0) is 17.2. The van der Waals surface area contributed by atoms with Crippen molar-refractivity contribution in [3.63, 3.8) is 0 Å². The van der Waals surface area contributed by atoms with Gasteiger partial charge in [-0.05, 0) is 57.3 Å². The normalized spacial score (nSPS) is 24.9. The molecule has 0 radical (unpaired) electrons. The molecule has 3 heterocycles. The number of hydrogen-bond acceptors (Lipinski definition) is 4. The summed E-state index contributed by atoms with van der Waals surface area (Å²) in [5.74, 6) is 1.31. The van der Waals surface area contributed by atoms with Gasteiger partial charge in [-0.25, -0.2) is 4.98 Å². The van der Waals surface area contributed by atoms with Crippen molar-refractivity contribution in [3.05, 3.63) is 30.2 Å². The average Bonchev–Trinajstić information content (AvgIpc) is 3.28. The van der Waals surface area contributed by atoms with E-state index in [0.717, 1.165) is 75.3 Å². The Hall–Kier alpha value is -1.88. The van der Waals surface area contributed by atoms with E-state index in [-0.39, 0.29) is 12.0 Å². The van der Waals surface area contributed by atoms with Crippen LogP contribution in [0.5, 0.6) is 0 Å². The van der Waals surface area contributed by atoms with Crippen molar-refractivity contribution in [1.29, 1.82) is 0 Å². The number of aromatic nitrogens is 1. The molecular weight excluding hydrogens is 314 g/mol. The van der Waals surface area contributed by atoms with Crippen LogP contribution in [0.3, 0.4) is 0 Å². The molecule has 0 N–H and O–H groups in total. The summed E-state index contributed by atoms with van der Waals surface area (Å²) in [5.41, 5.74) is 1.75. The van der Waals surface area contributed by atoms with Crippen molar-refractivity contribution < 1.29 is 9.21 Å². The Kier molecular flexibility index (Phi) is 4.75. The summed E-state index contributed by atoms with van der Waals surface area (Å²) in [7, 11) is 0. The van der Waals surface area contributed by atoms with E-state index in [9.17, 15) is 4.79 Å². The minimum absolute atomic E-state index is 0.0855. The van der Waals surface area contributed by atoms with Crippen LogP contribution in [-0.2, 0) is 4.79 Å². The minimum Gasteiger partial charge on any atom is -0.440 e. The summed E-state index contributed by atoms with van der Waals surface area (Å²) in [6.07, 6.45) is 5.31. The van der Waals surface area contributed by atoms with Gasteiger partial charge in [-0.3, -0.25) is 9.69 Å². The van der Waals surface area contributed by atoms with Gasteiger partial charge in [0.1, 0.15) is 5.52 Å². The molecule has 0 bridgehead atoms. The van der Waals surface area contributed by atoms with Gasteiger partial charge in [-0.15, -0.1) is 0 Å². The number of oxazole rings is 1. The Labute approximate surface area is 149 Å². The number of carbonyl (C=O) groups excluding carboxylic acids is 1. The Bertz CT molecular complexity index is 708.